The number of nitrogens with one attached hydrogen (secondary N) is 1. The summed E-state index contributed by atoms with van der Waals surface area (Å²) in [5.74, 6) is 0.334. The van der Waals surface area contributed by atoms with Crippen LogP contribution in [0.4, 0.5) is 13.9 Å². The summed E-state index contributed by atoms with van der Waals surface area (Å²) in [5, 5.41) is 3.95. The Kier molecular flexibility index (Phi) is 5.32. The zero-order valence-electron chi connectivity index (χ0n) is 11.7. The predicted octanol–water partition coefficient (Wildman–Crippen LogP) is 4.24. The van der Waals surface area contributed by atoms with E-state index in [2.05, 4.69) is 15.0 Å². The third kappa shape index (κ3) is 4.04. The van der Waals surface area contributed by atoms with Crippen LogP contribution in [0.25, 0.3) is 10.4 Å². The van der Waals surface area contributed by atoms with E-state index >= 15 is 0 Å². The fourth-order valence-corrected chi connectivity index (χ4v) is 2.64. The molecule has 0 aliphatic rings. The zero-order valence-corrected chi connectivity index (χ0v) is 12.5. The van der Waals surface area contributed by atoms with Gasteiger partial charge in [0.15, 0.2) is 16.6 Å². The largest absolute Gasteiger partial charge is 0.490 e. The maximum atomic E-state index is 12.4. The number of nitrogens with zero attached hydrogens (tertiary/aromatic N) is 1. The second-order valence-electron chi connectivity index (χ2n) is 4.03. The van der Waals surface area contributed by atoms with Gasteiger partial charge in [-0.25, -0.2) is 4.98 Å². The van der Waals surface area contributed by atoms with Gasteiger partial charge >= 0.3 is 6.61 Å². The van der Waals surface area contributed by atoms with Crippen molar-refractivity contribution < 1.29 is 18.3 Å². The van der Waals surface area contributed by atoms with Crippen molar-refractivity contribution in [1.29, 1.82) is 0 Å². The van der Waals surface area contributed by atoms with Gasteiger partial charge in [0.05, 0.1) is 11.5 Å². The molecule has 21 heavy (non-hydrogen) atoms. The highest BCUT2D eigenvalue weighted by atomic mass is 32.1. The number of halogens is 2. The van der Waals surface area contributed by atoms with Crippen molar-refractivity contribution in [2.45, 2.75) is 20.5 Å². The molecule has 2 aromatic rings. The van der Waals surface area contributed by atoms with Crippen LogP contribution in [0.5, 0.6) is 11.5 Å². The molecule has 0 bridgehead atoms. The topological polar surface area (TPSA) is 43.4 Å². The van der Waals surface area contributed by atoms with E-state index in [-0.39, 0.29) is 5.75 Å². The van der Waals surface area contributed by atoms with Crippen LogP contribution in [-0.2, 0) is 0 Å². The van der Waals surface area contributed by atoms with Gasteiger partial charge in [0.25, 0.3) is 0 Å². The Balaban J connectivity index is 2.29. The van der Waals surface area contributed by atoms with E-state index in [1.54, 1.807) is 25.3 Å². The summed E-state index contributed by atoms with van der Waals surface area (Å²) in [4.78, 5) is 5.17. The molecule has 0 radical (unpaired) electrons. The first-order valence-corrected chi connectivity index (χ1v) is 7.37. The summed E-state index contributed by atoms with van der Waals surface area (Å²) in [7, 11) is 0. The predicted molar refractivity (Wildman–Crippen MR) is 79.5 cm³/mol. The minimum Gasteiger partial charge on any atom is -0.490 e. The number of benzene rings is 1. The SMILES string of the molecule is CCNc1ncc(-c2ccc(OC(F)F)c(OCC)c2)s1. The highest BCUT2D eigenvalue weighted by Crippen LogP contribution is 2.36. The second kappa shape index (κ2) is 7.21. The van der Waals surface area contributed by atoms with Gasteiger partial charge in [-0.2, -0.15) is 8.78 Å². The van der Waals surface area contributed by atoms with Gasteiger partial charge in [0.1, 0.15) is 0 Å². The molecule has 7 heteroatoms. The Labute approximate surface area is 125 Å². The van der Waals surface area contributed by atoms with Crippen molar-refractivity contribution in [1.82, 2.24) is 4.98 Å². The maximum absolute atomic E-state index is 12.4. The minimum atomic E-state index is -2.88. The molecule has 0 atom stereocenters. The quantitative estimate of drug-likeness (QED) is 0.830. The Morgan fingerprint density at radius 3 is 2.76 bits per heavy atom. The summed E-state index contributed by atoms with van der Waals surface area (Å²) in [6, 6.07) is 4.88. The molecule has 1 aromatic carbocycles. The third-order valence-electron chi connectivity index (χ3n) is 2.58. The molecular formula is C14H16F2N2O2S. The highest BCUT2D eigenvalue weighted by molar-refractivity contribution is 7.18. The Bertz CT molecular complexity index is 590. The van der Waals surface area contributed by atoms with E-state index in [0.29, 0.717) is 12.4 Å². The number of aromatic nitrogens is 1. The molecule has 4 nitrogen and oxygen atoms in total. The lowest BCUT2D eigenvalue weighted by atomic mass is 10.2. The molecule has 2 rings (SSSR count). The number of anilines is 1. The van der Waals surface area contributed by atoms with Crippen molar-refractivity contribution in [3.8, 4) is 21.9 Å². The summed E-state index contributed by atoms with van der Waals surface area (Å²) in [6.07, 6.45) is 1.74. The monoisotopic (exact) mass is 314 g/mol. The van der Waals surface area contributed by atoms with Gasteiger partial charge in [-0.05, 0) is 37.6 Å². The fraction of sp³-hybridized carbons (Fsp3) is 0.357. The Hall–Kier alpha value is -1.89. The van der Waals surface area contributed by atoms with Crippen molar-refractivity contribution in [2.75, 3.05) is 18.5 Å². The molecule has 0 aliphatic heterocycles. The normalized spacial score (nSPS) is 10.7. The maximum Gasteiger partial charge on any atom is 0.387 e. The number of ether oxygens (including phenoxy) is 2. The molecule has 0 saturated heterocycles. The van der Waals surface area contributed by atoms with E-state index < -0.39 is 6.61 Å². The molecule has 0 fully saturated rings. The van der Waals surface area contributed by atoms with Crippen molar-refractivity contribution in [3.63, 3.8) is 0 Å². The molecule has 0 amide bonds. The first kappa shape index (κ1) is 15.5. The Morgan fingerprint density at radius 1 is 1.29 bits per heavy atom. The number of hydrogen-bond acceptors (Lipinski definition) is 5. The van der Waals surface area contributed by atoms with Gasteiger partial charge in [0, 0.05) is 12.7 Å². The van der Waals surface area contributed by atoms with Crippen LogP contribution >= 0.6 is 11.3 Å². The van der Waals surface area contributed by atoms with Crippen molar-refractivity contribution >= 4 is 16.5 Å². The number of rotatable bonds is 7. The van der Waals surface area contributed by atoms with E-state index in [9.17, 15) is 8.78 Å². The van der Waals surface area contributed by atoms with Crippen LogP contribution in [0.3, 0.4) is 0 Å². The standard InChI is InChI=1S/C14H16F2N2O2S/c1-3-17-14-18-8-12(21-14)9-5-6-10(20-13(15)16)11(7-9)19-4-2/h5-8,13H,3-4H2,1-2H3,(H,17,18). The highest BCUT2D eigenvalue weighted by Gasteiger charge is 2.13. The molecule has 1 heterocycles. The fourth-order valence-electron chi connectivity index (χ4n) is 1.76. The zero-order chi connectivity index (χ0) is 15.2. The van der Waals surface area contributed by atoms with E-state index in [0.717, 1.165) is 22.1 Å². The van der Waals surface area contributed by atoms with E-state index in [1.165, 1.54) is 17.4 Å². The van der Waals surface area contributed by atoms with Crippen LogP contribution in [0.2, 0.25) is 0 Å². The summed E-state index contributed by atoms with van der Waals surface area (Å²) in [5.41, 5.74) is 0.849. The minimum absolute atomic E-state index is 0.0343. The van der Waals surface area contributed by atoms with Gasteiger partial charge in [-0.1, -0.05) is 11.3 Å². The van der Waals surface area contributed by atoms with Gasteiger partial charge in [0.2, 0.25) is 0 Å². The van der Waals surface area contributed by atoms with Crippen LogP contribution in [0.1, 0.15) is 13.8 Å². The first-order valence-electron chi connectivity index (χ1n) is 6.55. The van der Waals surface area contributed by atoms with Gasteiger partial charge in [-0.15, -0.1) is 0 Å². The molecule has 1 N–H and O–H groups in total. The smallest absolute Gasteiger partial charge is 0.387 e. The molecule has 0 aliphatic carbocycles. The Morgan fingerprint density at radius 2 is 2.10 bits per heavy atom. The second-order valence-corrected chi connectivity index (χ2v) is 5.06. The molecular weight excluding hydrogens is 298 g/mol. The lowest BCUT2D eigenvalue weighted by molar-refractivity contribution is -0.0514. The molecule has 0 spiro atoms. The molecule has 0 saturated carbocycles. The van der Waals surface area contributed by atoms with Crippen LogP contribution in [0.15, 0.2) is 24.4 Å². The summed E-state index contributed by atoms with van der Waals surface area (Å²) >= 11 is 1.49. The summed E-state index contributed by atoms with van der Waals surface area (Å²) < 4.78 is 34.5. The number of thiazole rings is 1. The lowest BCUT2D eigenvalue weighted by Gasteiger charge is -2.12. The average Bonchev–Trinajstić information content (AvgIpc) is 2.89. The van der Waals surface area contributed by atoms with Crippen LogP contribution < -0.4 is 14.8 Å². The number of hydrogen-bond donors (Lipinski definition) is 1. The molecule has 0 unspecified atom stereocenters. The lowest BCUT2D eigenvalue weighted by Crippen LogP contribution is -2.04. The molecule has 1 aromatic heterocycles. The summed E-state index contributed by atoms with van der Waals surface area (Å²) in [6.45, 7) is 2.06. The van der Waals surface area contributed by atoms with Crippen molar-refractivity contribution in [3.05, 3.63) is 24.4 Å². The van der Waals surface area contributed by atoms with Crippen molar-refractivity contribution in [2.24, 2.45) is 0 Å². The molecule has 114 valence electrons. The van der Waals surface area contributed by atoms with Gasteiger partial charge < -0.3 is 14.8 Å². The third-order valence-corrected chi connectivity index (χ3v) is 3.58. The van der Waals surface area contributed by atoms with E-state index in [4.69, 9.17) is 4.74 Å². The van der Waals surface area contributed by atoms with Crippen LogP contribution in [-0.4, -0.2) is 24.7 Å². The number of alkyl halides is 2. The van der Waals surface area contributed by atoms with Gasteiger partial charge in [-0.3, -0.25) is 0 Å². The average molecular weight is 314 g/mol. The van der Waals surface area contributed by atoms with E-state index in [1.807, 2.05) is 6.92 Å². The van der Waals surface area contributed by atoms with Crippen LogP contribution in [0, 0.1) is 0 Å². The first-order chi connectivity index (χ1) is 10.1.